The first-order valence-corrected chi connectivity index (χ1v) is 8.31. The van der Waals surface area contributed by atoms with E-state index in [0.29, 0.717) is 17.9 Å². The minimum absolute atomic E-state index is 0.217. The van der Waals surface area contributed by atoms with Crippen LogP contribution in [-0.4, -0.2) is 21.0 Å². The Morgan fingerprint density at radius 3 is 2.46 bits per heavy atom. The number of benzene rings is 2. The maximum Gasteiger partial charge on any atom is 0.311 e. The first kappa shape index (κ1) is 16.2. The van der Waals surface area contributed by atoms with Crippen LogP contribution in [0.1, 0.15) is 38.2 Å². The van der Waals surface area contributed by atoms with E-state index in [9.17, 15) is 4.79 Å². The van der Waals surface area contributed by atoms with Gasteiger partial charge in [0.05, 0.1) is 0 Å². The van der Waals surface area contributed by atoms with Gasteiger partial charge in [-0.2, -0.15) is 0 Å². The van der Waals surface area contributed by atoms with E-state index in [1.54, 1.807) is 6.07 Å². The van der Waals surface area contributed by atoms with Gasteiger partial charge in [0, 0.05) is 6.42 Å². The predicted octanol–water partition coefficient (Wildman–Crippen LogP) is 4.21. The SMILES string of the molecule is CCCCCC(=O)Oc1ccc(C)cc1-n1nc2ccccc2n1. The first-order chi connectivity index (χ1) is 11.7. The van der Waals surface area contributed by atoms with Crippen molar-refractivity contribution in [1.29, 1.82) is 0 Å². The fraction of sp³-hybridized carbons (Fsp3) is 0.316. The zero-order valence-electron chi connectivity index (χ0n) is 14.0. The average molecular weight is 323 g/mol. The van der Waals surface area contributed by atoms with Gasteiger partial charge in [0.1, 0.15) is 16.7 Å². The van der Waals surface area contributed by atoms with Crippen LogP contribution >= 0.6 is 0 Å². The molecule has 0 aliphatic heterocycles. The number of hydrogen-bond acceptors (Lipinski definition) is 4. The van der Waals surface area contributed by atoms with Gasteiger partial charge in [-0.25, -0.2) is 0 Å². The fourth-order valence-electron chi connectivity index (χ4n) is 2.53. The van der Waals surface area contributed by atoms with Crippen LogP contribution in [0.3, 0.4) is 0 Å². The molecule has 0 atom stereocenters. The normalized spacial score (nSPS) is 10.9. The van der Waals surface area contributed by atoms with Crippen molar-refractivity contribution in [2.75, 3.05) is 0 Å². The second-order valence-corrected chi connectivity index (χ2v) is 5.88. The number of aryl methyl sites for hydroxylation is 1. The van der Waals surface area contributed by atoms with Crippen molar-refractivity contribution in [2.24, 2.45) is 0 Å². The Morgan fingerprint density at radius 1 is 1.08 bits per heavy atom. The molecule has 0 bridgehead atoms. The second kappa shape index (κ2) is 7.25. The van der Waals surface area contributed by atoms with E-state index in [4.69, 9.17) is 4.74 Å². The summed E-state index contributed by atoms with van der Waals surface area (Å²) in [4.78, 5) is 13.6. The smallest absolute Gasteiger partial charge is 0.311 e. The lowest BCUT2D eigenvalue weighted by atomic mass is 10.2. The summed E-state index contributed by atoms with van der Waals surface area (Å²) in [6, 6.07) is 13.3. The highest BCUT2D eigenvalue weighted by atomic mass is 16.5. The van der Waals surface area contributed by atoms with Gasteiger partial charge >= 0.3 is 5.97 Å². The van der Waals surface area contributed by atoms with Crippen LogP contribution in [-0.2, 0) is 4.79 Å². The zero-order valence-corrected chi connectivity index (χ0v) is 14.0. The molecule has 2 aromatic carbocycles. The Balaban J connectivity index is 1.89. The van der Waals surface area contributed by atoms with Crippen molar-refractivity contribution < 1.29 is 9.53 Å². The third-order valence-corrected chi connectivity index (χ3v) is 3.82. The molecule has 0 N–H and O–H groups in total. The maximum absolute atomic E-state index is 12.1. The molecule has 0 aliphatic carbocycles. The number of fused-ring (bicyclic) bond motifs is 1. The molecule has 1 aromatic heterocycles. The average Bonchev–Trinajstić information content (AvgIpc) is 3.00. The summed E-state index contributed by atoms with van der Waals surface area (Å²) >= 11 is 0. The monoisotopic (exact) mass is 323 g/mol. The highest BCUT2D eigenvalue weighted by Gasteiger charge is 2.13. The molecular formula is C19H21N3O2. The third-order valence-electron chi connectivity index (χ3n) is 3.82. The molecule has 5 nitrogen and oxygen atoms in total. The number of hydrogen-bond donors (Lipinski definition) is 0. The number of carbonyl (C=O) groups excluding carboxylic acids is 1. The quantitative estimate of drug-likeness (QED) is 0.387. The van der Waals surface area contributed by atoms with Gasteiger partial charge in [-0.15, -0.1) is 15.0 Å². The lowest BCUT2D eigenvalue weighted by Crippen LogP contribution is -2.11. The fourth-order valence-corrected chi connectivity index (χ4v) is 2.53. The van der Waals surface area contributed by atoms with Crippen LogP contribution in [0.2, 0.25) is 0 Å². The number of rotatable bonds is 6. The van der Waals surface area contributed by atoms with Crippen molar-refractivity contribution in [2.45, 2.75) is 39.5 Å². The molecule has 0 aliphatic rings. The van der Waals surface area contributed by atoms with Crippen molar-refractivity contribution in [3.8, 4) is 11.4 Å². The number of nitrogens with zero attached hydrogens (tertiary/aromatic N) is 3. The highest BCUT2D eigenvalue weighted by Crippen LogP contribution is 2.25. The third kappa shape index (κ3) is 3.62. The first-order valence-electron chi connectivity index (χ1n) is 8.31. The van der Waals surface area contributed by atoms with E-state index in [2.05, 4.69) is 17.1 Å². The highest BCUT2D eigenvalue weighted by molar-refractivity contribution is 5.75. The van der Waals surface area contributed by atoms with E-state index >= 15 is 0 Å². The number of carbonyl (C=O) groups is 1. The number of ether oxygens (including phenoxy) is 1. The lowest BCUT2D eigenvalue weighted by molar-refractivity contribution is -0.134. The molecule has 0 saturated heterocycles. The largest absolute Gasteiger partial charge is 0.424 e. The van der Waals surface area contributed by atoms with Crippen LogP contribution in [0, 0.1) is 6.92 Å². The molecule has 0 radical (unpaired) electrons. The van der Waals surface area contributed by atoms with Gasteiger partial charge in [0.15, 0.2) is 5.75 Å². The van der Waals surface area contributed by atoms with Crippen LogP contribution < -0.4 is 4.74 Å². The standard InChI is InChI=1S/C19H21N3O2/c1-3-4-5-10-19(23)24-18-12-11-14(2)13-17(18)22-20-15-8-6-7-9-16(15)21-22/h6-9,11-13H,3-5,10H2,1-2H3. The van der Waals surface area contributed by atoms with E-state index in [0.717, 1.165) is 35.9 Å². The molecule has 1 heterocycles. The molecule has 3 aromatic rings. The van der Waals surface area contributed by atoms with Crippen LogP contribution in [0.4, 0.5) is 0 Å². The minimum atomic E-state index is -0.217. The van der Waals surface area contributed by atoms with Gasteiger partial charge in [-0.3, -0.25) is 4.79 Å². The van der Waals surface area contributed by atoms with Gasteiger partial charge in [-0.05, 0) is 43.2 Å². The number of esters is 1. The Bertz CT molecular complexity index is 822. The summed E-state index contributed by atoms with van der Waals surface area (Å²) in [5, 5.41) is 8.96. The molecule has 3 rings (SSSR count). The molecule has 24 heavy (non-hydrogen) atoms. The summed E-state index contributed by atoms with van der Waals surface area (Å²) < 4.78 is 5.56. The zero-order chi connectivity index (χ0) is 16.9. The summed E-state index contributed by atoms with van der Waals surface area (Å²) in [7, 11) is 0. The Labute approximate surface area is 141 Å². The Hall–Kier alpha value is -2.69. The van der Waals surface area contributed by atoms with Gasteiger partial charge in [-0.1, -0.05) is 38.0 Å². The molecule has 5 heteroatoms. The molecule has 0 fully saturated rings. The van der Waals surface area contributed by atoms with Crippen molar-refractivity contribution in [3.63, 3.8) is 0 Å². The van der Waals surface area contributed by atoms with Crippen molar-refractivity contribution in [1.82, 2.24) is 15.0 Å². The van der Waals surface area contributed by atoms with Crippen LogP contribution in [0.15, 0.2) is 42.5 Å². The van der Waals surface area contributed by atoms with E-state index in [-0.39, 0.29) is 5.97 Å². The maximum atomic E-state index is 12.1. The number of aromatic nitrogens is 3. The summed E-state index contributed by atoms with van der Waals surface area (Å²) in [6.07, 6.45) is 3.38. The minimum Gasteiger partial charge on any atom is -0.424 e. The van der Waals surface area contributed by atoms with E-state index < -0.39 is 0 Å². The molecule has 124 valence electrons. The molecule has 0 saturated carbocycles. The molecular weight excluding hydrogens is 302 g/mol. The summed E-state index contributed by atoms with van der Waals surface area (Å²) in [6.45, 7) is 4.09. The van der Waals surface area contributed by atoms with E-state index in [1.807, 2.05) is 43.3 Å². The molecule has 0 spiro atoms. The second-order valence-electron chi connectivity index (χ2n) is 5.88. The molecule has 0 unspecified atom stereocenters. The van der Waals surface area contributed by atoms with Crippen molar-refractivity contribution >= 4 is 17.0 Å². The van der Waals surface area contributed by atoms with Gasteiger partial charge < -0.3 is 4.74 Å². The topological polar surface area (TPSA) is 57.0 Å². The predicted molar refractivity (Wildman–Crippen MR) is 93.4 cm³/mol. The van der Waals surface area contributed by atoms with Crippen molar-refractivity contribution in [3.05, 3.63) is 48.0 Å². The lowest BCUT2D eigenvalue weighted by Gasteiger charge is -2.10. The number of unbranched alkanes of at least 4 members (excludes halogenated alkanes) is 2. The van der Waals surface area contributed by atoms with E-state index in [1.165, 1.54) is 4.80 Å². The summed E-state index contributed by atoms with van der Waals surface area (Å²) in [5.41, 5.74) is 3.34. The van der Waals surface area contributed by atoms with Crippen LogP contribution in [0.5, 0.6) is 5.75 Å². The Kier molecular flexibility index (Phi) is 4.89. The Morgan fingerprint density at radius 2 is 1.79 bits per heavy atom. The van der Waals surface area contributed by atoms with Gasteiger partial charge in [0.25, 0.3) is 0 Å². The van der Waals surface area contributed by atoms with Gasteiger partial charge in [0.2, 0.25) is 0 Å². The molecule has 0 amide bonds. The summed E-state index contributed by atoms with van der Waals surface area (Å²) in [5.74, 6) is 0.271. The van der Waals surface area contributed by atoms with Crippen LogP contribution in [0.25, 0.3) is 16.7 Å².